The number of carbonyl (C=O) groups excluding carboxylic acids is 1. The first-order valence-corrected chi connectivity index (χ1v) is 6.21. The molecule has 0 aliphatic carbocycles. The summed E-state index contributed by atoms with van der Waals surface area (Å²) in [7, 11) is -1.45. The first kappa shape index (κ1) is 11.6. The van der Waals surface area contributed by atoms with E-state index in [4.69, 9.17) is 4.74 Å². The van der Waals surface area contributed by atoms with Crippen LogP contribution in [-0.2, 0) is 20.3 Å². The van der Waals surface area contributed by atoms with Gasteiger partial charge in [-0.3, -0.25) is 4.79 Å². The molecule has 0 radical (unpaired) electrons. The number of para-hydroxylation sites is 1. The predicted octanol–water partition coefficient (Wildman–Crippen LogP) is 2.11. The van der Waals surface area contributed by atoms with Crippen molar-refractivity contribution in [1.29, 1.82) is 0 Å². The van der Waals surface area contributed by atoms with Crippen molar-refractivity contribution in [3.63, 3.8) is 0 Å². The van der Waals surface area contributed by atoms with Crippen molar-refractivity contribution in [3.8, 4) is 0 Å². The van der Waals surface area contributed by atoms with Crippen LogP contribution < -0.4 is 5.32 Å². The van der Waals surface area contributed by atoms with Crippen LogP contribution in [0.2, 0.25) is 0 Å². The zero-order valence-electron chi connectivity index (χ0n) is 9.17. The van der Waals surface area contributed by atoms with Gasteiger partial charge >= 0.3 is 0 Å². The monoisotopic (exact) mass is 249 g/mol. The molecule has 1 heterocycles. The van der Waals surface area contributed by atoms with Gasteiger partial charge in [0.1, 0.15) is 10.7 Å². The third-order valence-corrected chi connectivity index (χ3v) is 3.42. The smallest absolute Gasteiger partial charge is 0.268 e. The molecule has 1 aromatic carbocycles. The standard InChI is InChI=1S/C12H11NO3S/c1-9-11(17(15)8-7-16-9)12(14)13-10-5-3-2-4-6-10/h2-8H,1H3,(H,13,14). The lowest BCUT2D eigenvalue weighted by Crippen LogP contribution is -2.20. The maximum absolute atomic E-state index is 11.9. The number of carbonyl (C=O) groups is 1. The van der Waals surface area contributed by atoms with Crippen molar-refractivity contribution in [2.45, 2.75) is 6.92 Å². The summed E-state index contributed by atoms with van der Waals surface area (Å²) in [6, 6.07) is 8.99. The number of ether oxygens (including phenoxy) is 1. The number of allylic oxidation sites excluding steroid dienone is 1. The van der Waals surface area contributed by atoms with Crippen molar-refractivity contribution in [2.75, 3.05) is 5.32 Å². The van der Waals surface area contributed by atoms with Gasteiger partial charge in [0.25, 0.3) is 5.91 Å². The summed E-state index contributed by atoms with van der Waals surface area (Å²) in [5.74, 6) is -0.0457. The molecule has 4 nitrogen and oxygen atoms in total. The Labute approximate surface area is 101 Å². The normalized spacial score (nSPS) is 18.8. The second-order valence-corrected chi connectivity index (χ2v) is 4.67. The summed E-state index contributed by atoms with van der Waals surface area (Å²) in [5, 5.41) is 4.01. The molecule has 0 saturated heterocycles. The van der Waals surface area contributed by atoms with Crippen LogP contribution in [0.25, 0.3) is 0 Å². The van der Waals surface area contributed by atoms with Crippen molar-refractivity contribution in [3.05, 3.63) is 52.7 Å². The van der Waals surface area contributed by atoms with Gasteiger partial charge in [0.05, 0.1) is 17.1 Å². The Morgan fingerprint density at radius 3 is 2.65 bits per heavy atom. The van der Waals surface area contributed by atoms with Crippen molar-refractivity contribution in [2.24, 2.45) is 0 Å². The van der Waals surface area contributed by atoms with E-state index < -0.39 is 16.7 Å². The molecule has 0 aromatic heterocycles. The van der Waals surface area contributed by atoms with E-state index in [2.05, 4.69) is 5.32 Å². The summed E-state index contributed by atoms with van der Waals surface area (Å²) < 4.78 is 16.7. The lowest BCUT2D eigenvalue weighted by Gasteiger charge is -2.13. The summed E-state index contributed by atoms with van der Waals surface area (Å²) >= 11 is 0. The lowest BCUT2D eigenvalue weighted by molar-refractivity contribution is -0.112. The van der Waals surface area contributed by atoms with E-state index in [-0.39, 0.29) is 4.91 Å². The molecule has 0 bridgehead atoms. The molecule has 0 fully saturated rings. The number of rotatable bonds is 2. The Balaban J connectivity index is 2.19. The molecule has 0 saturated carbocycles. The van der Waals surface area contributed by atoms with Crippen LogP contribution >= 0.6 is 0 Å². The van der Waals surface area contributed by atoms with E-state index in [1.54, 1.807) is 19.1 Å². The summed E-state index contributed by atoms with van der Waals surface area (Å²) in [6.45, 7) is 1.61. The van der Waals surface area contributed by atoms with Crippen LogP contribution in [0, 0.1) is 0 Å². The molecule has 2 rings (SSSR count). The second-order valence-electron chi connectivity index (χ2n) is 3.39. The van der Waals surface area contributed by atoms with E-state index in [0.717, 1.165) is 0 Å². The summed E-state index contributed by atoms with van der Waals surface area (Å²) in [6.07, 6.45) is 1.32. The zero-order chi connectivity index (χ0) is 12.3. The quantitative estimate of drug-likeness (QED) is 0.873. The fourth-order valence-corrected chi connectivity index (χ4v) is 2.26. The second kappa shape index (κ2) is 4.97. The number of hydrogen-bond acceptors (Lipinski definition) is 3. The molecule has 17 heavy (non-hydrogen) atoms. The third-order valence-electron chi connectivity index (χ3n) is 2.18. The molecule has 1 aromatic rings. The minimum atomic E-state index is -1.45. The Morgan fingerprint density at radius 2 is 2.00 bits per heavy atom. The van der Waals surface area contributed by atoms with E-state index in [0.29, 0.717) is 11.4 Å². The predicted molar refractivity (Wildman–Crippen MR) is 66.1 cm³/mol. The van der Waals surface area contributed by atoms with Gasteiger partial charge in [0.2, 0.25) is 0 Å². The van der Waals surface area contributed by atoms with Gasteiger partial charge in [-0.25, -0.2) is 4.21 Å². The largest absolute Gasteiger partial charge is 0.468 e. The molecule has 1 amide bonds. The maximum atomic E-state index is 11.9. The average Bonchev–Trinajstić information content (AvgIpc) is 2.30. The molecule has 1 atom stereocenters. The first-order valence-electron chi connectivity index (χ1n) is 4.99. The van der Waals surface area contributed by atoms with Gasteiger partial charge in [-0.05, 0) is 19.1 Å². The molecule has 5 heteroatoms. The SMILES string of the molecule is CC1=C(C(=O)Nc2ccccc2)S(=O)C=CO1. The number of nitrogens with one attached hydrogen (secondary N) is 1. The van der Waals surface area contributed by atoms with Crippen LogP contribution in [0.1, 0.15) is 6.92 Å². The molecule has 1 aliphatic rings. The lowest BCUT2D eigenvalue weighted by atomic mass is 10.3. The van der Waals surface area contributed by atoms with Crippen LogP contribution in [0.15, 0.2) is 52.7 Å². The van der Waals surface area contributed by atoms with Gasteiger partial charge < -0.3 is 10.1 Å². The van der Waals surface area contributed by atoms with Crippen molar-refractivity contribution >= 4 is 22.4 Å². The highest BCUT2D eigenvalue weighted by Crippen LogP contribution is 2.19. The Bertz CT molecular complexity index is 520. The Kier molecular flexibility index (Phi) is 3.39. The first-order chi connectivity index (χ1) is 8.18. The highest BCUT2D eigenvalue weighted by atomic mass is 32.2. The number of hydrogen-bond donors (Lipinski definition) is 1. The number of amides is 1. The number of anilines is 1. The zero-order valence-corrected chi connectivity index (χ0v) is 9.99. The summed E-state index contributed by atoms with van der Waals surface area (Å²) in [4.78, 5) is 12.1. The molecular weight excluding hydrogens is 238 g/mol. The fraction of sp³-hybridized carbons (Fsp3) is 0.0833. The minimum Gasteiger partial charge on any atom is -0.468 e. The van der Waals surface area contributed by atoms with Crippen LogP contribution in [-0.4, -0.2) is 10.1 Å². The topological polar surface area (TPSA) is 55.4 Å². The van der Waals surface area contributed by atoms with Crippen molar-refractivity contribution < 1.29 is 13.7 Å². The van der Waals surface area contributed by atoms with E-state index in [1.165, 1.54) is 11.7 Å². The molecule has 1 unspecified atom stereocenters. The van der Waals surface area contributed by atoms with Gasteiger partial charge in [-0.1, -0.05) is 18.2 Å². The maximum Gasteiger partial charge on any atom is 0.268 e. The van der Waals surface area contributed by atoms with E-state index >= 15 is 0 Å². The molecule has 0 spiro atoms. The fourth-order valence-electron chi connectivity index (χ4n) is 1.40. The van der Waals surface area contributed by atoms with Gasteiger partial charge in [0.15, 0.2) is 0 Å². The van der Waals surface area contributed by atoms with Gasteiger partial charge in [0, 0.05) is 11.1 Å². The molecule has 1 aliphatic heterocycles. The van der Waals surface area contributed by atoms with E-state index in [1.807, 2.05) is 18.2 Å². The summed E-state index contributed by atoms with van der Waals surface area (Å²) in [5.41, 5.74) is 0.657. The minimum absolute atomic E-state index is 0.149. The Hall–Kier alpha value is -1.88. The number of benzene rings is 1. The molecular formula is C12H11NO3S. The Morgan fingerprint density at radius 1 is 1.29 bits per heavy atom. The average molecular weight is 249 g/mol. The van der Waals surface area contributed by atoms with E-state index in [9.17, 15) is 9.00 Å². The van der Waals surface area contributed by atoms with Crippen LogP contribution in [0.5, 0.6) is 0 Å². The highest BCUT2D eigenvalue weighted by molar-refractivity contribution is 7.92. The van der Waals surface area contributed by atoms with Crippen LogP contribution in [0.3, 0.4) is 0 Å². The van der Waals surface area contributed by atoms with Crippen molar-refractivity contribution in [1.82, 2.24) is 0 Å². The molecule has 1 N–H and O–H groups in total. The highest BCUT2D eigenvalue weighted by Gasteiger charge is 2.22. The van der Waals surface area contributed by atoms with Gasteiger partial charge in [-0.15, -0.1) is 0 Å². The molecule has 88 valence electrons. The third kappa shape index (κ3) is 2.62. The van der Waals surface area contributed by atoms with Crippen LogP contribution in [0.4, 0.5) is 5.69 Å². The van der Waals surface area contributed by atoms with Gasteiger partial charge in [-0.2, -0.15) is 0 Å².